The first-order valence-electron chi connectivity index (χ1n) is 5.80. The standard InChI is InChI=1S/C12H15ClN2O2/c1-2-7-15(8-3-4-8)10-6-5-9(13)11(14-10)12(16)17/h5-6,8H,2-4,7H2,1H3,(H,16,17). The van der Waals surface area contributed by atoms with E-state index in [2.05, 4.69) is 16.8 Å². The van der Waals surface area contributed by atoms with E-state index in [4.69, 9.17) is 16.7 Å². The second kappa shape index (κ2) is 4.92. The maximum absolute atomic E-state index is 11.0. The zero-order valence-corrected chi connectivity index (χ0v) is 10.4. The predicted molar refractivity (Wildman–Crippen MR) is 66.9 cm³/mol. The molecule has 1 aromatic heterocycles. The van der Waals surface area contributed by atoms with Crippen molar-refractivity contribution in [1.82, 2.24) is 4.98 Å². The molecule has 0 radical (unpaired) electrons. The number of aromatic nitrogens is 1. The van der Waals surface area contributed by atoms with Gasteiger partial charge in [-0.2, -0.15) is 0 Å². The fourth-order valence-corrected chi connectivity index (χ4v) is 2.04. The third-order valence-corrected chi connectivity index (χ3v) is 3.09. The van der Waals surface area contributed by atoms with E-state index >= 15 is 0 Å². The highest BCUT2D eigenvalue weighted by Gasteiger charge is 2.30. The molecule has 92 valence electrons. The van der Waals surface area contributed by atoms with Gasteiger partial charge in [-0.15, -0.1) is 0 Å². The van der Waals surface area contributed by atoms with Crippen LogP contribution < -0.4 is 4.90 Å². The van der Waals surface area contributed by atoms with Gasteiger partial charge in [0.15, 0.2) is 5.69 Å². The number of pyridine rings is 1. The van der Waals surface area contributed by atoms with Crippen LogP contribution in [0, 0.1) is 0 Å². The van der Waals surface area contributed by atoms with Crippen molar-refractivity contribution < 1.29 is 9.90 Å². The topological polar surface area (TPSA) is 53.4 Å². The van der Waals surface area contributed by atoms with Crippen molar-refractivity contribution in [3.63, 3.8) is 0 Å². The minimum Gasteiger partial charge on any atom is -0.476 e. The molecule has 1 N–H and O–H groups in total. The summed E-state index contributed by atoms with van der Waals surface area (Å²) >= 11 is 5.81. The van der Waals surface area contributed by atoms with Crippen LogP contribution in [0.3, 0.4) is 0 Å². The van der Waals surface area contributed by atoms with E-state index in [0.717, 1.165) is 31.6 Å². The van der Waals surface area contributed by atoms with Crippen LogP contribution in [0.1, 0.15) is 36.7 Å². The molecule has 0 aliphatic heterocycles. The van der Waals surface area contributed by atoms with E-state index < -0.39 is 5.97 Å². The van der Waals surface area contributed by atoms with Crippen LogP contribution in [0.5, 0.6) is 0 Å². The fraction of sp³-hybridized carbons (Fsp3) is 0.500. The lowest BCUT2D eigenvalue weighted by Crippen LogP contribution is -2.27. The normalized spacial score (nSPS) is 14.7. The maximum atomic E-state index is 11.0. The molecule has 1 aliphatic carbocycles. The first-order chi connectivity index (χ1) is 8.13. The van der Waals surface area contributed by atoms with Crippen molar-refractivity contribution in [2.75, 3.05) is 11.4 Å². The van der Waals surface area contributed by atoms with Crippen molar-refractivity contribution in [3.05, 3.63) is 22.8 Å². The fourth-order valence-electron chi connectivity index (χ4n) is 1.85. The molecule has 17 heavy (non-hydrogen) atoms. The smallest absolute Gasteiger partial charge is 0.356 e. The highest BCUT2D eigenvalue weighted by atomic mass is 35.5. The molecule has 0 atom stereocenters. The summed E-state index contributed by atoms with van der Waals surface area (Å²) in [7, 11) is 0. The average Bonchev–Trinajstić information content (AvgIpc) is 3.10. The van der Waals surface area contributed by atoms with Gasteiger partial charge in [-0.1, -0.05) is 18.5 Å². The number of carboxylic acid groups (broad SMARTS) is 1. The third kappa shape index (κ3) is 2.69. The molecule has 0 aromatic carbocycles. The second-order valence-electron chi connectivity index (χ2n) is 4.23. The summed E-state index contributed by atoms with van der Waals surface area (Å²) in [5.74, 6) is -0.361. The second-order valence-corrected chi connectivity index (χ2v) is 4.64. The van der Waals surface area contributed by atoms with Crippen LogP contribution in [-0.4, -0.2) is 28.6 Å². The van der Waals surface area contributed by atoms with Crippen molar-refractivity contribution in [1.29, 1.82) is 0 Å². The minimum absolute atomic E-state index is 0.0640. The van der Waals surface area contributed by atoms with Gasteiger partial charge >= 0.3 is 5.97 Å². The number of aromatic carboxylic acids is 1. The number of carbonyl (C=O) groups is 1. The Bertz CT molecular complexity index is 433. The van der Waals surface area contributed by atoms with Gasteiger partial charge in [0.2, 0.25) is 0 Å². The molecule has 2 rings (SSSR count). The Labute approximate surface area is 105 Å². The monoisotopic (exact) mass is 254 g/mol. The molecule has 0 unspecified atom stereocenters. The van der Waals surface area contributed by atoms with Crippen LogP contribution in [0.25, 0.3) is 0 Å². The lowest BCUT2D eigenvalue weighted by atomic mass is 10.3. The molecule has 1 fully saturated rings. The molecule has 0 saturated heterocycles. The number of anilines is 1. The van der Waals surface area contributed by atoms with Crippen LogP contribution in [0.15, 0.2) is 12.1 Å². The summed E-state index contributed by atoms with van der Waals surface area (Å²) < 4.78 is 0. The van der Waals surface area contributed by atoms with Crippen LogP contribution in [0.2, 0.25) is 5.02 Å². The van der Waals surface area contributed by atoms with Crippen LogP contribution in [0.4, 0.5) is 5.82 Å². The highest BCUT2D eigenvalue weighted by molar-refractivity contribution is 6.33. The lowest BCUT2D eigenvalue weighted by Gasteiger charge is -2.23. The van der Waals surface area contributed by atoms with Crippen LogP contribution in [-0.2, 0) is 0 Å². The SMILES string of the molecule is CCCN(c1ccc(Cl)c(C(=O)O)n1)C1CC1. The first-order valence-corrected chi connectivity index (χ1v) is 6.17. The van der Waals surface area contributed by atoms with E-state index in [9.17, 15) is 4.79 Å². The van der Waals surface area contributed by atoms with Gasteiger partial charge in [0.1, 0.15) is 5.82 Å². The summed E-state index contributed by atoms with van der Waals surface area (Å²) in [5, 5.41) is 9.18. The summed E-state index contributed by atoms with van der Waals surface area (Å²) in [5.41, 5.74) is -0.0640. The number of halogens is 1. The molecule has 0 amide bonds. The molecule has 0 spiro atoms. The zero-order chi connectivity index (χ0) is 12.4. The van der Waals surface area contributed by atoms with Gasteiger partial charge in [0, 0.05) is 12.6 Å². The first kappa shape index (κ1) is 12.2. The van der Waals surface area contributed by atoms with Crippen LogP contribution >= 0.6 is 11.6 Å². The predicted octanol–water partition coefficient (Wildman–Crippen LogP) is 2.81. The molecular formula is C12H15ClN2O2. The van der Waals surface area contributed by atoms with E-state index in [1.54, 1.807) is 12.1 Å². The maximum Gasteiger partial charge on any atom is 0.356 e. The molecule has 5 heteroatoms. The summed E-state index contributed by atoms with van der Waals surface area (Å²) in [6.07, 6.45) is 3.34. The lowest BCUT2D eigenvalue weighted by molar-refractivity contribution is 0.0691. The van der Waals surface area contributed by atoms with Gasteiger partial charge in [-0.25, -0.2) is 9.78 Å². The Balaban J connectivity index is 2.30. The Kier molecular flexibility index (Phi) is 3.52. The Morgan fingerprint density at radius 2 is 2.29 bits per heavy atom. The number of carboxylic acids is 1. The van der Waals surface area contributed by atoms with E-state index in [-0.39, 0.29) is 10.7 Å². The summed E-state index contributed by atoms with van der Waals surface area (Å²) in [6, 6.07) is 3.92. The van der Waals surface area contributed by atoms with Crippen molar-refractivity contribution in [3.8, 4) is 0 Å². The minimum atomic E-state index is -1.08. The Morgan fingerprint density at radius 3 is 2.82 bits per heavy atom. The van der Waals surface area contributed by atoms with E-state index in [1.807, 2.05) is 0 Å². The Morgan fingerprint density at radius 1 is 1.59 bits per heavy atom. The number of hydrogen-bond donors (Lipinski definition) is 1. The van der Waals surface area contributed by atoms with Gasteiger partial charge in [0.05, 0.1) is 5.02 Å². The molecule has 1 saturated carbocycles. The zero-order valence-electron chi connectivity index (χ0n) is 9.69. The highest BCUT2D eigenvalue weighted by Crippen LogP contribution is 2.31. The Hall–Kier alpha value is -1.29. The quantitative estimate of drug-likeness (QED) is 0.878. The number of nitrogens with zero attached hydrogens (tertiary/aromatic N) is 2. The molecule has 1 heterocycles. The summed E-state index contributed by atoms with van der Waals surface area (Å²) in [6.45, 7) is 3.00. The van der Waals surface area contributed by atoms with Gasteiger partial charge in [0.25, 0.3) is 0 Å². The largest absolute Gasteiger partial charge is 0.476 e. The molecule has 1 aromatic rings. The van der Waals surface area contributed by atoms with Crippen molar-refractivity contribution in [2.45, 2.75) is 32.2 Å². The van der Waals surface area contributed by atoms with E-state index in [0.29, 0.717) is 6.04 Å². The molecule has 4 nitrogen and oxygen atoms in total. The van der Waals surface area contributed by atoms with Gasteiger partial charge in [-0.3, -0.25) is 0 Å². The summed E-state index contributed by atoms with van der Waals surface area (Å²) in [4.78, 5) is 17.3. The molecule has 1 aliphatic rings. The van der Waals surface area contributed by atoms with E-state index in [1.165, 1.54) is 0 Å². The average molecular weight is 255 g/mol. The molecular weight excluding hydrogens is 240 g/mol. The van der Waals surface area contributed by atoms with Gasteiger partial charge in [-0.05, 0) is 31.4 Å². The number of hydrogen-bond acceptors (Lipinski definition) is 3. The van der Waals surface area contributed by atoms with Gasteiger partial charge < -0.3 is 10.0 Å². The van der Waals surface area contributed by atoms with Crippen molar-refractivity contribution in [2.24, 2.45) is 0 Å². The molecule has 0 bridgehead atoms. The number of rotatable bonds is 5. The van der Waals surface area contributed by atoms with Crippen molar-refractivity contribution >= 4 is 23.4 Å². The third-order valence-electron chi connectivity index (χ3n) is 2.78.